The Labute approximate surface area is 128 Å². The summed E-state index contributed by atoms with van der Waals surface area (Å²) in [6.07, 6.45) is -7.82. The summed E-state index contributed by atoms with van der Waals surface area (Å²) < 4.78 is 9.92. The van der Waals surface area contributed by atoms with Crippen LogP contribution in [-0.4, -0.2) is 34.8 Å². The van der Waals surface area contributed by atoms with Gasteiger partial charge in [-0.05, 0) is 10.8 Å². The van der Waals surface area contributed by atoms with Crippen LogP contribution < -0.4 is 0 Å². The van der Waals surface area contributed by atoms with Crippen molar-refractivity contribution in [1.29, 1.82) is 0 Å². The van der Waals surface area contributed by atoms with E-state index in [1.54, 1.807) is 0 Å². The van der Waals surface area contributed by atoms with Gasteiger partial charge < -0.3 is 24.4 Å². The number of hydrogen-bond donors (Lipinski definition) is 2. The second-order valence-electron chi connectivity index (χ2n) is 3.69. The third-order valence-electron chi connectivity index (χ3n) is 2.17. The molecule has 0 radical (unpaired) electrons. The Bertz CT molecular complexity index is 632. The van der Waals surface area contributed by atoms with E-state index in [-0.39, 0.29) is 0 Å². The molecule has 0 saturated heterocycles. The average molecular weight is 322 g/mol. The van der Waals surface area contributed by atoms with Crippen molar-refractivity contribution in [2.24, 2.45) is 0 Å². The minimum Gasteiger partial charge on any atom is -0.449 e. The van der Waals surface area contributed by atoms with Gasteiger partial charge in [-0.15, -0.1) is 0 Å². The van der Waals surface area contributed by atoms with E-state index in [9.17, 15) is 19.2 Å². The predicted molar refractivity (Wildman–Crippen MR) is 74.0 cm³/mol. The standard InChI is InChI=1S/C10H8.C4H2O9/c1-2-6-10-8-4-3-7-9(10)5-1;5-1(6)11-3(9)13-4(10)12-2(7)8/h1-8H;(H,5,6)(H,7,8). The lowest BCUT2D eigenvalue weighted by Crippen LogP contribution is -2.19. The molecule has 0 amide bonds. The largest absolute Gasteiger partial charge is 0.528 e. The Hall–Kier alpha value is -3.62. The van der Waals surface area contributed by atoms with Gasteiger partial charge in [0.2, 0.25) is 0 Å². The molecule has 0 spiro atoms. The summed E-state index contributed by atoms with van der Waals surface area (Å²) in [6, 6.07) is 16.7. The van der Waals surface area contributed by atoms with Gasteiger partial charge in [0.05, 0.1) is 0 Å². The zero-order valence-electron chi connectivity index (χ0n) is 11.4. The smallest absolute Gasteiger partial charge is 0.449 e. The molecule has 0 atom stereocenters. The normalized spacial score (nSPS) is 9.04. The molecule has 0 aliphatic carbocycles. The number of hydrogen-bond acceptors (Lipinski definition) is 7. The molecule has 0 aromatic heterocycles. The lowest BCUT2D eigenvalue weighted by atomic mass is 10.1. The highest BCUT2D eigenvalue weighted by Crippen LogP contribution is 2.11. The first-order valence-electron chi connectivity index (χ1n) is 5.89. The molecule has 120 valence electrons. The van der Waals surface area contributed by atoms with E-state index in [4.69, 9.17) is 10.2 Å². The highest BCUT2D eigenvalue weighted by Gasteiger charge is 2.18. The SMILES string of the molecule is O=C(O)OC(=O)OC(=O)OC(=O)O.c1ccc2ccccc2c1. The maximum absolute atomic E-state index is 10.1. The van der Waals surface area contributed by atoms with Gasteiger partial charge in [0.1, 0.15) is 0 Å². The van der Waals surface area contributed by atoms with Crippen LogP contribution in [0.25, 0.3) is 10.8 Å². The van der Waals surface area contributed by atoms with E-state index in [1.165, 1.54) is 10.8 Å². The number of fused-ring (bicyclic) bond motifs is 1. The van der Waals surface area contributed by atoms with Gasteiger partial charge in [-0.3, -0.25) is 0 Å². The van der Waals surface area contributed by atoms with E-state index in [2.05, 4.69) is 62.7 Å². The molecule has 23 heavy (non-hydrogen) atoms. The lowest BCUT2D eigenvalue weighted by Gasteiger charge is -1.97. The number of ether oxygens (including phenoxy) is 3. The summed E-state index contributed by atoms with van der Waals surface area (Å²) in [6.45, 7) is 0. The molecular weight excluding hydrogens is 312 g/mol. The van der Waals surface area contributed by atoms with Crippen LogP contribution in [0.2, 0.25) is 0 Å². The quantitative estimate of drug-likeness (QED) is 0.551. The lowest BCUT2D eigenvalue weighted by molar-refractivity contribution is 0.0415. The topological polar surface area (TPSA) is 136 Å². The molecule has 0 aliphatic heterocycles. The van der Waals surface area contributed by atoms with Crippen LogP contribution in [0.4, 0.5) is 19.2 Å². The number of carbonyl (C=O) groups excluding carboxylic acids is 2. The average Bonchev–Trinajstić information content (AvgIpc) is 2.46. The first kappa shape index (κ1) is 17.4. The highest BCUT2D eigenvalue weighted by atomic mass is 16.9. The molecule has 0 unspecified atom stereocenters. The van der Waals surface area contributed by atoms with Gasteiger partial charge in [-0.1, -0.05) is 48.5 Å². The van der Waals surface area contributed by atoms with Gasteiger partial charge in [-0.25, -0.2) is 19.2 Å². The van der Waals surface area contributed by atoms with Crippen LogP contribution in [-0.2, 0) is 14.2 Å². The molecular formula is C14H10O9. The van der Waals surface area contributed by atoms with Gasteiger partial charge in [0.15, 0.2) is 0 Å². The number of carbonyl (C=O) groups is 4. The van der Waals surface area contributed by atoms with Gasteiger partial charge in [0, 0.05) is 0 Å². The fourth-order valence-corrected chi connectivity index (χ4v) is 1.39. The van der Waals surface area contributed by atoms with Crippen molar-refractivity contribution >= 4 is 35.4 Å². The fourth-order valence-electron chi connectivity index (χ4n) is 1.39. The van der Waals surface area contributed by atoms with Crippen LogP contribution in [0.3, 0.4) is 0 Å². The first-order chi connectivity index (χ1) is 10.9. The Kier molecular flexibility index (Phi) is 6.53. The molecule has 2 rings (SSSR count). The highest BCUT2D eigenvalue weighted by molar-refractivity contribution is 5.86. The van der Waals surface area contributed by atoms with Crippen LogP contribution >= 0.6 is 0 Å². The Morgan fingerprint density at radius 3 is 1.17 bits per heavy atom. The van der Waals surface area contributed by atoms with Crippen molar-refractivity contribution in [3.05, 3.63) is 48.5 Å². The summed E-state index contributed by atoms with van der Waals surface area (Å²) in [4.78, 5) is 39.5. The fraction of sp³-hybridized carbons (Fsp3) is 0. The van der Waals surface area contributed by atoms with E-state index in [1.807, 2.05) is 0 Å². The van der Waals surface area contributed by atoms with Crippen LogP contribution in [0, 0.1) is 0 Å². The molecule has 9 heteroatoms. The van der Waals surface area contributed by atoms with Crippen LogP contribution in [0.1, 0.15) is 0 Å². The first-order valence-corrected chi connectivity index (χ1v) is 5.89. The van der Waals surface area contributed by atoms with Crippen molar-refractivity contribution in [1.82, 2.24) is 0 Å². The zero-order valence-corrected chi connectivity index (χ0v) is 11.4. The van der Waals surface area contributed by atoms with E-state index in [0.717, 1.165) is 0 Å². The summed E-state index contributed by atoms with van der Waals surface area (Å²) in [5, 5.41) is 18.2. The van der Waals surface area contributed by atoms with Gasteiger partial charge in [-0.2, -0.15) is 0 Å². The monoisotopic (exact) mass is 322 g/mol. The summed E-state index contributed by atoms with van der Waals surface area (Å²) >= 11 is 0. The number of rotatable bonds is 0. The molecule has 0 heterocycles. The maximum atomic E-state index is 10.1. The third kappa shape index (κ3) is 7.09. The molecule has 0 fully saturated rings. The molecule has 2 aromatic carbocycles. The molecule has 9 nitrogen and oxygen atoms in total. The Balaban J connectivity index is 0.000000235. The molecule has 0 bridgehead atoms. The van der Waals surface area contributed by atoms with Crippen molar-refractivity contribution in [2.75, 3.05) is 0 Å². The van der Waals surface area contributed by atoms with Crippen molar-refractivity contribution in [3.8, 4) is 0 Å². The van der Waals surface area contributed by atoms with Gasteiger partial charge >= 0.3 is 24.6 Å². The second-order valence-corrected chi connectivity index (χ2v) is 3.69. The van der Waals surface area contributed by atoms with E-state index >= 15 is 0 Å². The predicted octanol–water partition coefficient (Wildman–Crippen LogP) is 3.47. The number of carboxylic acid groups (broad SMARTS) is 2. The summed E-state index contributed by atoms with van der Waals surface area (Å²) in [5.74, 6) is 0. The Morgan fingerprint density at radius 1 is 0.609 bits per heavy atom. The third-order valence-corrected chi connectivity index (χ3v) is 2.17. The van der Waals surface area contributed by atoms with Crippen LogP contribution in [0.5, 0.6) is 0 Å². The second kappa shape index (κ2) is 8.62. The van der Waals surface area contributed by atoms with Crippen molar-refractivity contribution in [2.45, 2.75) is 0 Å². The van der Waals surface area contributed by atoms with Crippen LogP contribution in [0.15, 0.2) is 48.5 Å². The molecule has 2 N–H and O–H groups in total. The number of benzene rings is 2. The summed E-state index contributed by atoms with van der Waals surface area (Å²) in [7, 11) is 0. The minimum atomic E-state index is -2.01. The molecule has 0 saturated carbocycles. The van der Waals surface area contributed by atoms with Crippen molar-refractivity contribution in [3.63, 3.8) is 0 Å². The van der Waals surface area contributed by atoms with Crippen molar-refractivity contribution < 1.29 is 43.6 Å². The van der Waals surface area contributed by atoms with Gasteiger partial charge in [0.25, 0.3) is 0 Å². The minimum absolute atomic E-state index is 1.31. The maximum Gasteiger partial charge on any atom is 0.528 e. The molecule has 2 aromatic rings. The Morgan fingerprint density at radius 2 is 0.913 bits per heavy atom. The zero-order chi connectivity index (χ0) is 17.2. The van der Waals surface area contributed by atoms with E-state index in [0.29, 0.717) is 0 Å². The molecule has 0 aliphatic rings. The van der Waals surface area contributed by atoms with E-state index < -0.39 is 24.6 Å². The summed E-state index contributed by atoms with van der Waals surface area (Å²) in [5.41, 5.74) is 0.